The maximum absolute atomic E-state index is 9.14. The molecule has 0 spiro atoms. The number of allylic oxidation sites excluding steroid dienone is 2. The lowest BCUT2D eigenvalue weighted by atomic mass is 9.88. The third-order valence-electron chi connectivity index (χ3n) is 3.28. The van der Waals surface area contributed by atoms with Crippen molar-refractivity contribution in [3.63, 3.8) is 0 Å². The number of hydrogen-bond donors (Lipinski definition) is 1. The number of rotatable bonds is 1. The molecule has 1 N–H and O–H groups in total. The maximum Gasteiger partial charge on any atom is 0.0560 e. The van der Waals surface area contributed by atoms with Crippen molar-refractivity contribution in [2.75, 3.05) is 6.61 Å². The Hall–Kier alpha value is -0.560. The molecule has 0 radical (unpaired) electrons. The molecule has 0 heterocycles. The second kappa shape index (κ2) is 1.24. The minimum Gasteiger partial charge on any atom is -0.395 e. The fourth-order valence-corrected chi connectivity index (χ4v) is 2.64. The van der Waals surface area contributed by atoms with E-state index >= 15 is 0 Å². The van der Waals surface area contributed by atoms with Crippen LogP contribution in [0, 0.1) is 23.2 Å². The summed E-state index contributed by atoms with van der Waals surface area (Å²) in [5.41, 5.74) is 0.0787. The lowest BCUT2D eigenvalue weighted by Crippen LogP contribution is -2.19. The summed E-state index contributed by atoms with van der Waals surface area (Å²) in [5, 5.41) is 9.14. The second-order valence-electron chi connectivity index (χ2n) is 3.67. The van der Waals surface area contributed by atoms with E-state index in [1.807, 2.05) is 0 Å². The summed E-state index contributed by atoms with van der Waals surface area (Å²) in [6.45, 7) is 0.303. The van der Waals surface area contributed by atoms with Crippen molar-refractivity contribution in [3.8, 4) is 0 Å². The molecule has 10 heavy (non-hydrogen) atoms. The molecule has 2 unspecified atom stereocenters. The van der Waals surface area contributed by atoms with Crippen molar-refractivity contribution in [2.45, 2.75) is 0 Å². The van der Waals surface area contributed by atoms with Crippen LogP contribution in [-0.2, 0) is 0 Å². The molecule has 1 saturated carbocycles. The first kappa shape index (κ1) is 5.14. The zero-order valence-corrected chi connectivity index (χ0v) is 5.70. The highest BCUT2D eigenvalue weighted by atomic mass is 16.3. The molecule has 0 amide bonds. The summed E-state index contributed by atoms with van der Waals surface area (Å²) in [6.07, 6.45) is 8.90. The van der Waals surface area contributed by atoms with Gasteiger partial charge in [-0.15, -0.1) is 0 Å². The topological polar surface area (TPSA) is 20.2 Å². The van der Waals surface area contributed by atoms with Crippen LogP contribution in [0.2, 0.25) is 0 Å². The molecule has 1 heteroatoms. The first-order valence-electron chi connectivity index (χ1n) is 3.87. The summed E-state index contributed by atoms with van der Waals surface area (Å²) in [4.78, 5) is 0. The van der Waals surface area contributed by atoms with Gasteiger partial charge in [0.1, 0.15) is 0 Å². The molecule has 0 aromatic heterocycles. The molecule has 0 bridgehead atoms. The van der Waals surface area contributed by atoms with Crippen LogP contribution in [0.3, 0.4) is 0 Å². The molecule has 3 aliphatic carbocycles. The van der Waals surface area contributed by atoms with E-state index in [1.165, 1.54) is 0 Å². The van der Waals surface area contributed by atoms with Gasteiger partial charge in [0, 0.05) is 5.41 Å². The first-order valence-corrected chi connectivity index (χ1v) is 3.87. The lowest BCUT2D eigenvalue weighted by Gasteiger charge is -2.18. The van der Waals surface area contributed by atoms with Crippen LogP contribution in [0.5, 0.6) is 0 Å². The summed E-state index contributed by atoms with van der Waals surface area (Å²) in [5.74, 6) is 2.33. The van der Waals surface area contributed by atoms with Crippen molar-refractivity contribution in [3.05, 3.63) is 24.3 Å². The van der Waals surface area contributed by atoms with E-state index in [4.69, 9.17) is 5.11 Å². The van der Waals surface area contributed by atoms with E-state index in [9.17, 15) is 0 Å². The Balaban J connectivity index is 2.12. The Morgan fingerprint density at radius 1 is 1.20 bits per heavy atom. The Morgan fingerprint density at radius 2 is 1.80 bits per heavy atom. The number of fused-ring (bicyclic) bond motifs is 1. The van der Waals surface area contributed by atoms with E-state index in [-0.39, 0.29) is 5.41 Å². The van der Waals surface area contributed by atoms with Gasteiger partial charge in [-0.2, -0.15) is 0 Å². The fourth-order valence-electron chi connectivity index (χ4n) is 2.64. The predicted molar refractivity (Wildman–Crippen MR) is 38.3 cm³/mol. The van der Waals surface area contributed by atoms with Gasteiger partial charge in [0.2, 0.25) is 0 Å². The summed E-state index contributed by atoms with van der Waals surface area (Å²) in [6, 6.07) is 0. The SMILES string of the molecule is OCC12C=CC3C(C=C1)C32. The largest absolute Gasteiger partial charge is 0.395 e. The molecule has 0 aromatic rings. The first-order chi connectivity index (χ1) is 4.87. The molecule has 0 saturated heterocycles. The standard InChI is InChI=1S/C9H10O/c10-5-9-3-1-6-7(2-4-9)8(6)9/h1-4,6-8,10H,5H2. The Morgan fingerprint density at radius 3 is 2.20 bits per heavy atom. The summed E-state index contributed by atoms with van der Waals surface area (Å²) >= 11 is 0. The van der Waals surface area contributed by atoms with Crippen molar-refractivity contribution in [1.82, 2.24) is 0 Å². The van der Waals surface area contributed by atoms with Gasteiger partial charge >= 0.3 is 0 Å². The van der Waals surface area contributed by atoms with Gasteiger partial charge in [-0.25, -0.2) is 0 Å². The lowest BCUT2D eigenvalue weighted by molar-refractivity contribution is 0.193. The van der Waals surface area contributed by atoms with Crippen LogP contribution in [0.15, 0.2) is 24.3 Å². The summed E-state index contributed by atoms with van der Waals surface area (Å²) in [7, 11) is 0. The molecule has 2 atom stereocenters. The third-order valence-corrected chi connectivity index (χ3v) is 3.28. The van der Waals surface area contributed by atoms with E-state index in [0.29, 0.717) is 6.61 Å². The van der Waals surface area contributed by atoms with Crippen molar-refractivity contribution in [2.24, 2.45) is 23.2 Å². The molecule has 1 nitrogen and oxygen atoms in total. The smallest absolute Gasteiger partial charge is 0.0560 e. The van der Waals surface area contributed by atoms with Gasteiger partial charge in [0.15, 0.2) is 0 Å². The van der Waals surface area contributed by atoms with Gasteiger partial charge in [0.05, 0.1) is 6.61 Å². The van der Waals surface area contributed by atoms with Crippen LogP contribution in [0.1, 0.15) is 0 Å². The van der Waals surface area contributed by atoms with Crippen LogP contribution in [0.4, 0.5) is 0 Å². The highest BCUT2D eigenvalue weighted by Crippen LogP contribution is 2.67. The van der Waals surface area contributed by atoms with Gasteiger partial charge in [-0.3, -0.25) is 0 Å². The monoisotopic (exact) mass is 134 g/mol. The minimum absolute atomic E-state index is 0.0787. The van der Waals surface area contributed by atoms with Crippen LogP contribution in [0.25, 0.3) is 0 Å². The van der Waals surface area contributed by atoms with Crippen LogP contribution < -0.4 is 0 Å². The minimum atomic E-state index is 0.0787. The molecule has 3 rings (SSSR count). The zero-order chi connectivity index (χ0) is 6.77. The zero-order valence-electron chi connectivity index (χ0n) is 5.70. The van der Waals surface area contributed by atoms with Gasteiger partial charge < -0.3 is 5.11 Å². The van der Waals surface area contributed by atoms with Crippen molar-refractivity contribution >= 4 is 0 Å². The molecule has 3 aliphatic rings. The highest BCUT2D eigenvalue weighted by molar-refractivity contribution is 5.40. The highest BCUT2D eigenvalue weighted by Gasteiger charge is 2.63. The van der Waals surface area contributed by atoms with Gasteiger partial charge in [0.25, 0.3) is 0 Å². The molecular weight excluding hydrogens is 124 g/mol. The van der Waals surface area contributed by atoms with Gasteiger partial charge in [-0.1, -0.05) is 24.3 Å². The van der Waals surface area contributed by atoms with Crippen LogP contribution in [-0.4, -0.2) is 11.7 Å². The number of aliphatic hydroxyl groups excluding tert-OH is 1. The molecular formula is C9H10O. The Kier molecular flexibility index (Phi) is 0.635. The van der Waals surface area contributed by atoms with Crippen molar-refractivity contribution in [1.29, 1.82) is 0 Å². The third kappa shape index (κ3) is 0.333. The van der Waals surface area contributed by atoms with E-state index in [1.54, 1.807) is 0 Å². The number of aliphatic hydroxyl groups is 1. The average Bonchev–Trinajstić information content (AvgIpc) is 2.43. The second-order valence-corrected chi connectivity index (χ2v) is 3.67. The van der Waals surface area contributed by atoms with Gasteiger partial charge in [-0.05, 0) is 17.8 Å². The Labute approximate surface area is 60.1 Å². The average molecular weight is 134 g/mol. The quantitative estimate of drug-likeness (QED) is 0.530. The molecule has 0 aliphatic heterocycles. The van der Waals surface area contributed by atoms with Crippen LogP contribution >= 0.6 is 0 Å². The summed E-state index contributed by atoms with van der Waals surface area (Å²) < 4.78 is 0. The molecule has 52 valence electrons. The predicted octanol–water partition coefficient (Wildman–Crippen LogP) is 0.967. The van der Waals surface area contributed by atoms with E-state index in [0.717, 1.165) is 17.8 Å². The number of hydrogen-bond acceptors (Lipinski definition) is 1. The molecule has 0 aromatic carbocycles. The Bertz CT molecular complexity index is 219. The maximum atomic E-state index is 9.14. The van der Waals surface area contributed by atoms with E-state index < -0.39 is 0 Å². The van der Waals surface area contributed by atoms with Crippen molar-refractivity contribution < 1.29 is 5.11 Å². The normalized spacial score (nSPS) is 59.5. The molecule has 1 fully saturated rings. The van der Waals surface area contributed by atoms with E-state index in [2.05, 4.69) is 24.3 Å². The fraction of sp³-hybridized carbons (Fsp3) is 0.556.